The van der Waals surface area contributed by atoms with Gasteiger partial charge in [0, 0.05) is 12.1 Å². The second-order valence-electron chi connectivity index (χ2n) is 6.59. The van der Waals surface area contributed by atoms with Crippen molar-refractivity contribution in [3.8, 4) is 11.1 Å². The molecule has 0 unspecified atom stereocenters. The predicted octanol–water partition coefficient (Wildman–Crippen LogP) is 5.52. The highest BCUT2D eigenvalue weighted by atomic mass is 16.2. The largest absolute Gasteiger partial charge is 0.312 e. The van der Waals surface area contributed by atoms with Crippen LogP contribution >= 0.6 is 0 Å². The highest BCUT2D eigenvalue weighted by molar-refractivity contribution is 5.83. The zero-order valence-electron chi connectivity index (χ0n) is 14.6. The lowest BCUT2D eigenvalue weighted by Gasteiger charge is -2.18. The quantitative estimate of drug-likeness (QED) is 0.613. The zero-order valence-corrected chi connectivity index (χ0v) is 14.6. The first-order valence-corrected chi connectivity index (χ1v) is 9.00. The summed E-state index contributed by atoms with van der Waals surface area (Å²) in [6.45, 7) is 0.646. The van der Waals surface area contributed by atoms with Crippen molar-refractivity contribution < 1.29 is 4.79 Å². The van der Waals surface area contributed by atoms with Crippen molar-refractivity contribution in [3.63, 3.8) is 0 Å². The van der Waals surface area contributed by atoms with Crippen LogP contribution in [-0.4, -0.2) is 10.8 Å². The minimum atomic E-state index is 0.209. The van der Waals surface area contributed by atoms with Gasteiger partial charge in [0.25, 0.3) is 0 Å². The minimum Gasteiger partial charge on any atom is -0.312 e. The van der Waals surface area contributed by atoms with Gasteiger partial charge < -0.3 is 4.90 Å². The Kier molecular flexibility index (Phi) is 4.65. The van der Waals surface area contributed by atoms with E-state index in [1.54, 1.807) is 0 Å². The molecule has 4 rings (SSSR count). The first-order chi connectivity index (χ1) is 12.8. The van der Waals surface area contributed by atoms with Crippen LogP contribution in [0.5, 0.6) is 0 Å². The average molecular weight is 339 g/mol. The van der Waals surface area contributed by atoms with Crippen LogP contribution in [0.15, 0.2) is 90.6 Å². The number of carbonyl (C=O) groups excluding carboxylic acids is 1. The molecule has 0 atom stereocenters. The molecular formula is C24H21NO. The summed E-state index contributed by atoms with van der Waals surface area (Å²) in [5.41, 5.74) is 5.82. The third kappa shape index (κ3) is 3.60. The van der Waals surface area contributed by atoms with Crippen LogP contribution in [0, 0.1) is 0 Å². The number of likely N-dealkylation sites (tertiary alicyclic amines) is 1. The van der Waals surface area contributed by atoms with Gasteiger partial charge >= 0.3 is 0 Å². The molecule has 1 saturated heterocycles. The molecule has 0 aromatic heterocycles. The standard InChI is InChI=1S/C24H21NO/c26-24-16-15-23(25(24)18-20-7-3-1-4-8-20)17-19-11-13-22(14-12-19)21-9-5-2-6-10-21/h1-14,17H,15-16,18H2/b23-17+. The summed E-state index contributed by atoms with van der Waals surface area (Å²) in [6, 6.07) is 29.1. The molecule has 0 radical (unpaired) electrons. The Labute approximate surface area is 154 Å². The second-order valence-corrected chi connectivity index (χ2v) is 6.59. The third-order valence-electron chi connectivity index (χ3n) is 4.78. The fraction of sp³-hybridized carbons (Fsp3) is 0.125. The van der Waals surface area contributed by atoms with Crippen molar-refractivity contribution in [3.05, 3.63) is 102 Å². The number of hydrogen-bond donors (Lipinski definition) is 0. The van der Waals surface area contributed by atoms with Gasteiger partial charge in [-0.25, -0.2) is 0 Å². The Bertz CT molecular complexity index is 911. The molecule has 1 aliphatic heterocycles. The maximum Gasteiger partial charge on any atom is 0.227 e. The molecule has 1 heterocycles. The Balaban J connectivity index is 1.55. The van der Waals surface area contributed by atoms with E-state index in [-0.39, 0.29) is 5.91 Å². The SMILES string of the molecule is O=C1CC/C(=C\c2ccc(-c3ccccc3)cc2)N1Cc1ccccc1. The predicted molar refractivity (Wildman–Crippen MR) is 106 cm³/mol. The lowest BCUT2D eigenvalue weighted by atomic mass is 10.0. The van der Waals surface area contributed by atoms with E-state index in [0.717, 1.165) is 23.2 Å². The van der Waals surface area contributed by atoms with Crippen LogP contribution in [-0.2, 0) is 11.3 Å². The van der Waals surface area contributed by atoms with E-state index in [4.69, 9.17) is 0 Å². The number of benzene rings is 3. The highest BCUT2D eigenvalue weighted by Gasteiger charge is 2.25. The summed E-state index contributed by atoms with van der Waals surface area (Å²) in [5.74, 6) is 0.209. The second kappa shape index (κ2) is 7.40. The van der Waals surface area contributed by atoms with Crippen molar-refractivity contribution >= 4 is 12.0 Å². The molecular weight excluding hydrogens is 318 g/mol. The third-order valence-corrected chi connectivity index (χ3v) is 4.78. The molecule has 0 spiro atoms. The normalized spacial score (nSPS) is 15.6. The summed E-state index contributed by atoms with van der Waals surface area (Å²) < 4.78 is 0. The molecule has 0 N–H and O–H groups in total. The van der Waals surface area contributed by atoms with E-state index < -0.39 is 0 Å². The smallest absolute Gasteiger partial charge is 0.227 e. The van der Waals surface area contributed by atoms with Crippen LogP contribution in [0.3, 0.4) is 0 Å². The van der Waals surface area contributed by atoms with E-state index >= 15 is 0 Å². The Morgan fingerprint density at radius 1 is 0.731 bits per heavy atom. The molecule has 0 bridgehead atoms. The monoisotopic (exact) mass is 339 g/mol. The van der Waals surface area contributed by atoms with Gasteiger partial charge in [0.1, 0.15) is 0 Å². The van der Waals surface area contributed by atoms with E-state index in [1.165, 1.54) is 11.1 Å². The molecule has 1 amide bonds. The zero-order chi connectivity index (χ0) is 17.8. The van der Waals surface area contributed by atoms with Gasteiger partial charge in [-0.05, 0) is 34.8 Å². The number of carbonyl (C=O) groups is 1. The van der Waals surface area contributed by atoms with Gasteiger partial charge in [-0.2, -0.15) is 0 Å². The summed E-state index contributed by atoms with van der Waals surface area (Å²) >= 11 is 0. The summed E-state index contributed by atoms with van der Waals surface area (Å²) in [5, 5.41) is 0. The molecule has 2 heteroatoms. The van der Waals surface area contributed by atoms with Gasteiger partial charge in [-0.15, -0.1) is 0 Å². The van der Waals surface area contributed by atoms with E-state index in [9.17, 15) is 4.79 Å². The van der Waals surface area contributed by atoms with Crippen LogP contribution in [0.4, 0.5) is 0 Å². The van der Waals surface area contributed by atoms with Crippen LogP contribution in [0.1, 0.15) is 24.0 Å². The topological polar surface area (TPSA) is 20.3 Å². The molecule has 128 valence electrons. The number of rotatable bonds is 4. The van der Waals surface area contributed by atoms with Crippen molar-refractivity contribution in [2.24, 2.45) is 0 Å². The molecule has 0 saturated carbocycles. The first kappa shape index (κ1) is 16.3. The average Bonchev–Trinajstić information content (AvgIpc) is 3.03. The van der Waals surface area contributed by atoms with Gasteiger partial charge in [0.2, 0.25) is 5.91 Å². The molecule has 3 aromatic rings. The lowest BCUT2D eigenvalue weighted by Crippen LogP contribution is -2.22. The number of amides is 1. The van der Waals surface area contributed by atoms with Crippen molar-refractivity contribution in [2.45, 2.75) is 19.4 Å². The van der Waals surface area contributed by atoms with Gasteiger partial charge in [0.15, 0.2) is 0 Å². The fourth-order valence-corrected chi connectivity index (χ4v) is 3.37. The fourth-order valence-electron chi connectivity index (χ4n) is 3.37. The van der Waals surface area contributed by atoms with Crippen LogP contribution in [0.2, 0.25) is 0 Å². The van der Waals surface area contributed by atoms with Gasteiger partial charge in [0.05, 0.1) is 6.54 Å². The number of nitrogens with zero attached hydrogens (tertiary/aromatic N) is 1. The Hall–Kier alpha value is -3.13. The van der Waals surface area contributed by atoms with E-state index in [1.807, 2.05) is 29.2 Å². The first-order valence-electron chi connectivity index (χ1n) is 9.00. The van der Waals surface area contributed by atoms with Crippen molar-refractivity contribution in [1.29, 1.82) is 0 Å². The lowest BCUT2D eigenvalue weighted by molar-refractivity contribution is -0.127. The van der Waals surface area contributed by atoms with E-state index in [2.05, 4.69) is 66.7 Å². The molecule has 2 nitrogen and oxygen atoms in total. The number of allylic oxidation sites excluding steroid dienone is 1. The maximum atomic E-state index is 12.3. The maximum absolute atomic E-state index is 12.3. The van der Waals surface area contributed by atoms with Crippen LogP contribution in [0.25, 0.3) is 17.2 Å². The van der Waals surface area contributed by atoms with Crippen molar-refractivity contribution in [1.82, 2.24) is 4.90 Å². The molecule has 3 aromatic carbocycles. The van der Waals surface area contributed by atoms with Gasteiger partial charge in [-0.1, -0.05) is 84.9 Å². The minimum absolute atomic E-state index is 0.209. The number of hydrogen-bond acceptors (Lipinski definition) is 1. The van der Waals surface area contributed by atoms with Crippen LogP contribution < -0.4 is 0 Å². The molecule has 0 aliphatic carbocycles. The van der Waals surface area contributed by atoms with E-state index in [0.29, 0.717) is 13.0 Å². The Morgan fingerprint density at radius 2 is 1.35 bits per heavy atom. The molecule has 26 heavy (non-hydrogen) atoms. The molecule has 1 fully saturated rings. The molecule has 1 aliphatic rings. The summed E-state index contributed by atoms with van der Waals surface area (Å²) in [6.07, 6.45) is 3.55. The van der Waals surface area contributed by atoms with Crippen molar-refractivity contribution in [2.75, 3.05) is 0 Å². The summed E-state index contributed by atoms with van der Waals surface area (Å²) in [4.78, 5) is 14.2. The van der Waals surface area contributed by atoms with Gasteiger partial charge in [-0.3, -0.25) is 4.79 Å². The summed E-state index contributed by atoms with van der Waals surface area (Å²) in [7, 11) is 0. The highest BCUT2D eigenvalue weighted by Crippen LogP contribution is 2.27. The Morgan fingerprint density at radius 3 is 2.04 bits per heavy atom.